The number of aryl methyl sites for hydroxylation is 1. The Kier molecular flexibility index (Phi) is 5.27. The highest BCUT2D eigenvalue weighted by Gasteiger charge is 2.26. The lowest BCUT2D eigenvalue weighted by molar-refractivity contribution is 0.0528. The first kappa shape index (κ1) is 19.1. The number of carbonyl (C=O) groups is 1. The van der Waals surface area contributed by atoms with Gasteiger partial charge in [0.25, 0.3) is 0 Å². The number of ether oxygens (including phenoxy) is 1. The third-order valence-electron chi connectivity index (χ3n) is 4.63. The van der Waals surface area contributed by atoms with Crippen molar-refractivity contribution in [3.05, 3.63) is 65.6 Å². The van der Waals surface area contributed by atoms with Crippen LogP contribution in [0, 0.1) is 0 Å². The van der Waals surface area contributed by atoms with E-state index < -0.39 is 5.97 Å². The van der Waals surface area contributed by atoms with E-state index in [1.807, 2.05) is 48.0 Å². The molecule has 0 aliphatic heterocycles. The molecule has 0 unspecified atom stereocenters. The van der Waals surface area contributed by atoms with Crippen LogP contribution in [0.2, 0.25) is 5.15 Å². The molecular weight excluding hydrogens is 388 g/mol. The SMILES string of the molecule is CCOC(=O)c1c(-c2ccccc2)nc2c(cnn2CC)c1-c1ccnc(Cl)c1. The second-order valence-electron chi connectivity index (χ2n) is 6.36. The van der Waals surface area contributed by atoms with Crippen LogP contribution in [0.5, 0.6) is 0 Å². The summed E-state index contributed by atoms with van der Waals surface area (Å²) >= 11 is 6.16. The topological polar surface area (TPSA) is 69.9 Å². The molecule has 0 fully saturated rings. The van der Waals surface area contributed by atoms with E-state index in [0.717, 1.165) is 16.5 Å². The van der Waals surface area contributed by atoms with Gasteiger partial charge in [0.2, 0.25) is 0 Å². The molecule has 0 atom stereocenters. The van der Waals surface area contributed by atoms with Crippen molar-refractivity contribution in [1.82, 2.24) is 19.7 Å². The van der Waals surface area contributed by atoms with E-state index in [1.54, 1.807) is 25.4 Å². The Bertz CT molecular complexity index is 1190. The van der Waals surface area contributed by atoms with Crippen molar-refractivity contribution < 1.29 is 9.53 Å². The average molecular weight is 407 g/mol. The Morgan fingerprint density at radius 3 is 2.62 bits per heavy atom. The summed E-state index contributed by atoms with van der Waals surface area (Å²) in [7, 11) is 0. The van der Waals surface area contributed by atoms with E-state index >= 15 is 0 Å². The van der Waals surface area contributed by atoms with Gasteiger partial charge in [-0.2, -0.15) is 5.10 Å². The van der Waals surface area contributed by atoms with Crippen molar-refractivity contribution in [3.63, 3.8) is 0 Å². The molecule has 0 aliphatic rings. The van der Waals surface area contributed by atoms with E-state index in [2.05, 4.69) is 10.1 Å². The summed E-state index contributed by atoms with van der Waals surface area (Å²) in [6, 6.07) is 13.1. The molecule has 1 aromatic carbocycles. The van der Waals surface area contributed by atoms with Gasteiger partial charge in [-0.3, -0.25) is 0 Å². The fourth-order valence-electron chi connectivity index (χ4n) is 3.38. The molecule has 4 rings (SSSR count). The molecule has 7 heteroatoms. The van der Waals surface area contributed by atoms with Crippen LogP contribution in [-0.4, -0.2) is 32.3 Å². The molecule has 0 bridgehead atoms. The minimum atomic E-state index is -0.437. The molecule has 146 valence electrons. The lowest BCUT2D eigenvalue weighted by Gasteiger charge is -2.15. The molecule has 4 aromatic rings. The number of hydrogen-bond acceptors (Lipinski definition) is 5. The predicted octanol–water partition coefficient (Wildman–Crippen LogP) is 5.01. The molecule has 0 saturated carbocycles. The van der Waals surface area contributed by atoms with Crippen LogP contribution >= 0.6 is 11.6 Å². The van der Waals surface area contributed by atoms with E-state index in [1.165, 1.54) is 0 Å². The van der Waals surface area contributed by atoms with Crippen LogP contribution in [0.15, 0.2) is 54.9 Å². The number of fused-ring (bicyclic) bond motifs is 1. The third-order valence-corrected chi connectivity index (χ3v) is 4.83. The average Bonchev–Trinajstić information content (AvgIpc) is 3.16. The molecule has 29 heavy (non-hydrogen) atoms. The number of benzene rings is 1. The van der Waals surface area contributed by atoms with Crippen molar-refractivity contribution in [2.75, 3.05) is 6.61 Å². The Hall–Kier alpha value is -3.25. The zero-order valence-electron chi connectivity index (χ0n) is 16.1. The molecule has 0 radical (unpaired) electrons. The van der Waals surface area contributed by atoms with Gasteiger partial charge in [0, 0.05) is 29.3 Å². The van der Waals surface area contributed by atoms with Gasteiger partial charge in [-0.05, 0) is 31.5 Å². The van der Waals surface area contributed by atoms with Gasteiger partial charge in [-0.25, -0.2) is 19.4 Å². The van der Waals surface area contributed by atoms with Crippen LogP contribution < -0.4 is 0 Å². The molecule has 3 heterocycles. The molecule has 6 nitrogen and oxygen atoms in total. The lowest BCUT2D eigenvalue weighted by Crippen LogP contribution is -2.11. The highest BCUT2D eigenvalue weighted by atomic mass is 35.5. The molecule has 0 amide bonds. The van der Waals surface area contributed by atoms with Crippen LogP contribution in [0.1, 0.15) is 24.2 Å². The highest BCUT2D eigenvalue weighted by molar-refractivity contribution is 6.29. The number of pyridine rings is 2. The van der Waals surface area contributed by atoms with Crippen LogP contribution in [0.25, 0.3) is 33.4 Å². The van der Waals surface area contributed by atoms with E-state index in [0.29, 0.717) is 34.2 Å². The number of aromatic nitrogens is 4. The number of halogens is 1. The van der Waals surface area contributed by atoms with Gasteiger partial charge < -0.3 is 4.74 Å². The summed E-state index contributed by atoms with van der Waals surface area (Å²) in [5, 5.41) is 5.56. The fraction of sp³-hybridized carbons (Fsp3) is 0.182. The number of carbonyl (C=O) groups excluding carboxylic acids is 1. The minimum Gasteiger partial charge on any atom is -0.462 e. The maximum Gasteiger partial charge on any atom is 0.341 e. The maximum absolute atomic E-state index is 13.1. The third kappa shape index (κ3) is 3.47. The smallest absolute Gasteiger partial charge is 0.341 e. The quantitative estimate of drug-likeness (QED) is 0.344. The van der Waals surface area contributed by atoms with Gasteiger partial charge in [0.1, 0.15) is 5.15 Å². The molecule has 0 aliphatic carbocycles. The molecule has 0 N–H and O–H groups in total. The Balaban J connectivity index is 2.16. The first-order chi connectivity index (χ1) is 14.1. The Morgan fingerprint density at radius 1 is 1.14 bits per heavy atom. The van der Waals surface area contributed by atoms with Gasteiger partial charge in [0.05, 0.1) is 24.1 Å². The van der Waals surface area contributed by atoms with E-state index in [9.17, 15) is 4.79 Å². The Labute approximate surface area is 173 Å². The van der Waals surface area contributed by atoms with E-state index in [4.69, 9.17) is 21.3 Å². The highest BCUT2D eigenvalue weighted by Crippen LogP contribution is 2.38. The van der Waals surface area contributed by atoms with Crippen molar-refractivity contribution in [2.45, 2.75) is 20.4 Å². The second-order valence-corrected chi connectivity index (χ2v) is 6.75. The summed E-state index contributed by atoms with van der Waals surface area (Å²) in [6.07, 6.45) is 3.35. The number of esters is 1. The zero-order chi connectivity index (χ0) is 20.4. The predicted molar refractivity (Wildman–Crippen MR) is 113 cm³/mol. The van der Waals surface area contributed by atoms with Crippen molar-refractivity contribution in [1.29, 1.82) is 0 Å². The number of rotatable bonds is 5. The van der Waals surface area contributed by atoms with Crippen molar-refractivity contribution in [2.24, 2.45) is 0 Å². The van der Waals surface area contributed by atoms with Crippen molar-refractivity contribution >= 4 is 28.6 Å². The summed E-state index contributed by atoms with van der Waals surface area (Å²) in [5.74, 6) is -0.437. The normalized spacial score (nSPS) is 11.0. The van der Waals surface area contributed by atoms with Gasteiger partial charge in [-0.15, -0.1) is 0 Å². The largest absolute Gasteiger partial charge is 0.462 e. The summed E-state index contributed by atoms with van der Waals surface area (Å²) in [6.45, 7) is 4.69. The van der Waals surface area contributed by atoms with Crippen molar-refractivity contribution in [3.8, 4) is 22.4 Å². The standard InChI is InChI=1S/C22H19ClN4O2/c1-3-27-21-16(13-25-27)18(15-10-11-24-17(23)12-15)19(22(28)29-4-2)20(26-21)14-8-6-5-7-9-14/h5-13H,3-4H2,1-2H3. The van der Waals surface area contributed by atoms with Crippen LogP contribution in [0.3, 0.4) is 0 Å². The maximum atomic E-state index is 13.1. The number of nitrogens with zero attached hydrogens (tertiary/aromatic N) is 4. The second kappa shape index (κ2) is 8.01. The zero-order valence-corrected chi connectivity index (χ0v) is 16.8. The number of hydrogen-bond donors (Lipinski definition) is 0. The lowest BCUT2D eigenvalue weighted by atomic mass is 9.94. The summed E-state index contributed by atoms with van der Waals surface area (Å²) in [4.78, 5) is 22.0. The first-order valence-electron chi connectivity index (χ1n) is 9.38. The monoisotopic (exact) mass is 406 g/mol. The van der Waals surface area contributed by atoms with Gasteiger partial charge in [0.15, 0.2) is 5.65 Å². The fourth-order valence-corrected chi connectivity index (χ4v) is 3.56. The van der Waals surface area contributed by atoms with Gasteiger partial charge in [-0.1, -0.05) is 41.9 Å². The van der Waals surface area contributed by atoms with E-state index in [-0.39, 0.29) is 6.61 Å². The molecule has 3 aromatic heterocycles. The molecular formula is C22H19ClN4O2. The summed E-state index contributed by atoms with van der Waals surface area (Å²) in [5.41, 5.74) is 3.91. The molecule has 0 spiro atoms. The van der Waals surface area contributed by atoms with Crippen LogP contribution in [-0.2, 0) is 11.3 Å². The summed E-state index contributed by atoms with van der Waals surface area (Å²) < 4.78 is 7.22. The first-order valence-corrected chi connectivity index (χ1v) is 9.75. The minimum absolute atomic E-state index is 0.260. The Morgan fingerprint density at radius 2 is 1.93 bits per heavy atom. The molecule has 0 saturated heterocycles. The van der Waals surface area contributed by atoms with Crippen LogP contribution in [0.4, 0.5) is 0 Å². The van der Waals surface area contributed by atoms with Gasteiger partial charge >= 0.3 is 5.97 Å².